The average Bonchev–Trinajstić information content (AvgIpc) is 2.81. The van der Waals surface area contributed by atoms with Crippen LogP contribution in [-0.4, -0.2) is 43.2 Å². The maximum Gasteiger partial charge on any atom is 0.285 e. The number of fused-ring (bicyclic) bond motifs is 3. The molecule has 1 spiro atoms. The summed E-state index contributed by atoms with van der Waals surface area (Å²) in [5.41, 5.74) is 1.19. The molecular formula is C10H15N3O. The zero-order valence-corrected chi connectivity index (χ0v) is 8.42. The predicted molar refractivity (Wildman–Crippen MR) is 54.0 cm³/mol. The minimum Gasteiger partial charge on any atom is -0.454 e. The molecule has 0 aromatic carbocycles. The van der Waals surface area contributed by atoms with Crippen molar-refractivity contribution in [2.24, 2.45) is 10.9 Å². The van der Waals surface area contributed by atoms with E-state index in [0.29, 0.717) is 11.9 Å². The van der Waals surface area contributed by atoms with E-state index < -0.39 is 0 Å². The van der Waals surface area contributed by atoms with Gasteiger partial charge in [0.25, 0.3) is 6.02 Å². The second kappa shape index (κ2) is 2.43. The second-order valence-electron chi connectivity index (χ2n) is 4.30. The van der Waals surface area contributed by atoms with Gasteiger partial charge in [-0.25, -0.2) is 4.99 Å². The van der Waals surface area contributed by atoms with Gasteiger partial charge in [-0.05, 0) is 6.42 Å². The molecule has 4 heteroatoms. The third kappa shape index (κ3) is 0.811. The van der Waals surface area contributed by atoms with Crippen molar-refractivity contribution in [3.05, 3.63) is 12.3 Å². The maximum absolute atomic E-state index is 5.90. The van der Waals surface area contributed by atoms with E-state index in [1.807, 2.05) is 0 Å². The Bertz CT molecular complexity index is 325. The smallest absolute Gasteiger partial charge is 0.285 e. The molecule has 3 saturated heterocycles. The van der Waals surface area contributed by atoms with Gasteiger partial charge in [0, 0.05) is 25.2 Å². The van der Waals surface area contributed by atoms with Gasteiger partial charge in [-0.3, -0.25) is 0 Å². The summed E-state index contributed by atoms with van der Waals surface area (Å²) in [5, 5.41) is 3.20. The topological polar surface area (TPSA) is 36.9 Å². The molecule has 3 aliphatic rings. The quantitative estimate of drug-likeness (QED) is 0.596. The number of piperidine rings is 1. The molecule has 3 heterocycles. The highest BCUT2D eigenvalue weighted by molar-refractivity contribution is 5.76. The standard InChI is InChI=1S/C10H15N3O/c1-7-8-3-4-13(7)6-10(8)5-12-9(11-2)14-10/h8H,1,3-6H2,2H3,(H,11,12). The monoisotopic (exact) mass is 193 g/mol. The lowest BCUT2D eigenvalue weighted by Gasteiger charge is -2.30. The van der Waals surface area contributed by atoms with Gasteiger partial charge >= 0.3 is 0 Å². The molecule has 4 nitrogen and oxygen atoms in total. The van der Waals surface area contributed by atoms with Gasteiger partial charge in [0.2, 0.25) is 0 Å². The number of amidine groups is 1. The summed E-state index contributed by atoms with van der Waals surface area (Å²) < 4.78 is 5.90. The van der Waals surface area contributed by atoms with Crippen molar-refractivity contribution in [2.45, 2.75) is 12.0 Å². The van der Waals surface area contributed by atoms with Crippen molar-refractivity contribution in [1.29, 1.82) is 0 Å². The average molecular weight is 193 g/mol. The van der Waals surface area contributed by atoms with Crippen LogP contribution in [-0.2, 0) is 4.74 Å². The Morgan fingerprint density at radius 3 is 3.07 bits per heavy atom. The molecule has 2 bridgehead atoms. The molecule has 0 saturated carbocycles. The van der Waals surface area contributed by atoms with Crippen LogP contribution in [0.15, 0.2) is 17.3 Å². The number of ether oxygens (including phenoxy) is 1. The highest BCUT2D eigenvalue weighted by atomic mass is 16.5. The highest BCUT2D eigenvalue weighted by Crippen LogP contribution is 2.46. The first-order valence-electron chi connectivity index (χ1n) is 5.08. The van der Waals surface area contributed by atoms with Crippen molar-refractivity contribution in [3.63, 3.8) is 0 Å². The first-order chi connectivity index (χ1) is 6.75. The van der Waals surface area contributed by atoms with E-state index in [-0.39, 0.29) is 5.60 Å². The van der Waals surface area contributed by atoms with Gasteiger partial charge in [-0.1, -0.05) is 6.58 Å². The largest absolute Gasteiger partial charge is 0.454 e. The van der Waals surface area contributed by atoms with Crippen molar-refractivity contribution < 1.29 is 4.74 Å². The van der Waals surface area contributed by atoms with Gasteiger partial charge in [-0.2, -0.15) is 0 Å². The summed E-state index contributed by atoms with van der Waals surface area (Å²) in [4.78, 5) is 6.39. The van der Waals surface area contributed by atoms with Crippen LogP contribution in [0.1, 0.15) is 6.42 Å². The van der Waals surface area contributed by atoms with Crippen LogP contribution in [0.25, 0.3) is 0 Å². The van der Waals surface area contributed by atoms with Gasteiger partial charge < -0.3 is 15.0 Å². The number of aliphatic imine (C=N–C) groups is 1. The van der Waals surface area contributed by atoms with Crippen LogP contribution >= 0.6 is 0 Å². The van der Waals surface area contributed by atoms with E-state index in [1.54, 1.807) is 7.05 Å². The molecule has 0 aliphatic carbocycles. The number of hydrogen-bond acceptors (Lipinski definition) is 3. The molecule has 3 fully saturated rings. The number of rotatable bonds is 0. The molecule has 14 heavy (non-hydrogen) atoms. The molecule has 2 atom stereocenters. The second-order valence-corrected chi connectivity index (χ2v) is 4.30. The first-order valence-corrected chi connectivity index (χ1v) is 5.08. The Labute approximate surface area is 83.6 Å². The lowest BCUT2D eigenvalue weighted by molar-refractivity contribution is 0.0418. The van der Waals surface area contributed by atoms with E-state index in [9.17, 15) is 0 Å². The van der Waals surface area contributed by atoms with Gasteiger partial charge in [0.1, 0.15) is 0 Å². The van der Waals surface area contributed by atoms with Gasteiger partial charge in [-0.15, -0.1) is 0 Å². The maximum atomic E-state index is 5.90. The van der Waals surface area contributed by atoms with Gasteiger partial charge in [0.05, 0.1) is 13.1 Å². The number of hydrogen-bond donors (Lipinski definition) is 1. The minimum absolute atomic E-state index is 0.0653. The van der Waals surface area contributed by atoms with Crippen molar-refractivity contribution in [3.8, 4) is 0 Å². The molecule has 0 aromatic rings. The molecule has 0 radical (unpaired) electrons. The molecule has 1 N–H and O–H groups in total. The third-order valence-corrected chi connectivity index (χ3v) is 3.63. The Balaban J connectivity index is 1.91. The normalized spacial score (nSPS) is 42.4. The molecule has 2 unspecified atom stereocenters. The fraction of sp³-hybridized carbons (Fsp3) is 0.700. The lowest BCUT2D eigenvalue weighted by atomic mass is 9.87. The van der Waals surface area contributed by atoms with E-state index in [0.717, 1.165) is 19.6 Å². The van der Waals surface area contributed by atoms with E-state index >= 15 is 0 Å². The zero-order chi connectivity index (χ0) is 9.76. The molecule has 3 aliphatic heterocycles. The lowest BCUT2D eigenvalue weighted by Crippen LogP contribution is -2.45. The Hall–Kier alpha value is -1.19. The molecule has 3 rings (SSSR count). The summed E-state index contributed by atoms with van der Waals surface area (Å²) in [5.74, 6) is 0.495. The van der Waals surface area contributed by atoms with Crippen LogP contribution < -0.4 is 5.32 Å². The van der Waals surface area contributed by atoms with Crippen molar-refractivity contribution in [2.75, 3.05) is 26.7 Å². The Morgan fingerprint density at radius 2 is 2.57 bits per heavy atom. The molecule has 0 amide bonds. The predicted octanol–water partition coefficient (Wildman–Crippen LogP) is 0.180. The number of nitrogens with zero attached hydrogens (tertiary/aromatic N) is 2. The van der Waals surface area contributed by atoms with E-state index in [4.69, 9.17) is 4.74 Å². The molecular weight excluding hydrogens is 178 g/mol. The molecule has 0 aromatic heterocycles. The highest BCUT2D eigenvalue weighted by Gasteiger charge is 2.57. The third-order valence-electron chi connectivity index (χ3n) is 3.63. The SMILES string of the molecule is C=C1C2CCN1CC21CNC(=NC)O1. The van der Waals surface area contributed by atoms with E-state index in [1.165, 1.54) is 12.1 Å². The minimum atomic E-state index is -0.0653. The van der Waals surface area contributed by atoms with Crippen molar-refractivity contribution >= 4 is 6.02 Å². The molecule has 76 valence electrons. The van der Waals surface area contributed by atoms with Crippen LogP contribution in [0.2, 0.25) is 0 Å². The van der Waals surface area contributed by atoms with Crippen molar-refractivity contribution in [1.82, 2.24) is 10.2 Å². The fourth-order valence-corrected chi connectivity index (χ4v) is 2.89. The van der Waals surface area contributed by atoms with Crippen LogP contribution in [0.5, 0.6) is 0 Å². The van der Waals surface area contributed by atoms with Gasteiger partial charge in [0.15, 0.2) is 5.60 Å². The summed E-state index contributed by atoms with van der Waals surface area (Å²) >= 11 is 0. The fourth-order valence-electron chi connectivity index (χ4n) is 2.89. The first kappa shape index (κ1) is 8.15. The Morgan fingerprint density at radius 1 is 1.71 bits per heavy atom. The summed E-state index contributed by atoms with van der Waals surface area (Å²) in [6.45, 7) is 7.12. The van der Waals surface area contributed by atoms with Crippen LogP contribution in [0, 0.1) is 5.92 Å². The van der Waals surface area contributed by atoms with Crippen LogP contribution in [0.3, 0.4) is 0 Å². The number of nitrogens with one attached hydrogen (secondary N) is 1. The zero-order valence-electron chi connectivity index (χ0n) is 8.42. The van der Waals surface area contributed by atoms with E-state index in [2.05, 4.69) is 21.8 Å². The summed E-state index contributed by atoms with van der Waals surface area (Å²) in [6.07, 6.45) is 1.18. The Kier molecular flexibility index (Phi) is 1.42. The van der Waals surface area contributed by atoms with Crippen LogP contribution in [0.4, 0.5) is 0 Å². The summed E-state index contributed by atoms with van der Waals surface area (Å²) in [6, 6.07) is 0.687. The summed E-state index contributed by atoms with van der Waals surface area (Å²) in [7, 11) is 1.75.